The third-order valence-corrected chi connectivity index (χ3v) is 4.36. The minimum absolute atomic E-state index is 0.148. The zero-order valence-corrected chi connectivity index (χ0v) is 15.0. The molecule has 1 aliphatic rings. The first-order valence-electron chi connectivity index (χ1n) is 8.83. The Morgan fingerprint density at radius 2 is 1.78 bits per heavy atom. The third kappa shape index (κ3) is 4.69. The summed E-state index contributed by atoms with van der Waals surface area (Å²) in [4.78, 5) is 40.6. The number of amides is 2. The monoisotopic (exact) mass is 367 g/mol. The molecule has 7 heteroatoms. The smallest absolute Gasteiger partial charge is 0.340 e. The lowest BCUT2D eigenvalue weighted by Crippen LogP contribution is -2.27. The van der Waals surface area contributed by atoms with E-state index >= 15 is 0 Å². The number of hydrogen-bond donors (Lipinski definition) is 2. The van der Waals surface area contributed by atoms with Crippen LogP contribution in [-0.2, 0) is 20.9 Å². The number of carbonyl (C=O) groups is 3. The van der Waals surface area contributed by atoms with Crippen molar-refractivity contribution in [3.8, 4) is 0 Å². The Morgan fingerprint density at radius 1 is 1.07 bits per heavy atom. The standard InChI is InChI=1S/C20H21N3O4/c1-2-27-20(26)14-5-3-4-6-17(14)23-19(25)16-11-15(16)18(24)22-12-13-7-9-21-10-8-13/h3-10,15-16H,2,11-12H2,1H3,(H,22,24)(H,23,25). The number of aromatic nitrogens is 1. The highest BCUT2D eigenvalue weighted by Crippen LogP contribution is 2.39. The number of nitrogens with one attached hydrogen (secondary N) is 2. The molecule has 1 aliphatic carbocycles. The van der Waals surface area contributed by atoms with E-state index in [2.05, 4.69) is 15.6 Å². The molecule has 2 N–H and O–H groups in total. The van der Waals surface area contributed by atoms with E-state index in [-0.39, 0.29) is 24.3 Å². The molecule has 1 aromatic heterocycles. The van der Waals surface area contributed by atoms with Crippen LogP contribution in [0.15, 0.2) is 48.8 Å². The van der Waals surface area contributed by atoms with E-state index in [0.29, 0.717) is 24.2 Å². The highest BCUT2D eigenvalue weighted by atomic mass is 16.5. The molecular formula is C20H21N3O4. The molecule has 0 bridgehead atoms. The van der Waals surface area contributed by atoms with Crippen molar-refractivity contribution in [2.45, 2.75) is 19.9 Å². The van der Waals surface area contributed by atoms with Gasteiger partial charge in [-0.15, -0.1) is 0 Å². The highest BCUT2D eigenvalue weighted by molar-refractivity contribution is 6.04. The average Bonchev–Trinajstić information content (AvgIpc) is 3.49. The largest absolute Gasteiger partial charge is 0.462 e. The Kier molecular flexibility index (Phi) is 5.80. The van der Waals surface area contributed by atoms with Gasteiger partial charge in [0.25, 0.3) is 0 Å². The molecule has 140 valence electrons. The van der Waals surface area contributed by atoms with Gasteiger partial charge in [0.1, 0.15) is 0 Å². The number of para-hydroxylation sites is 1. The van der Waals surface area contributed by atoms with E-state index in [9.17, 15) is 14.4 Å². The minimum atomic E-state index is -0.490. The Hall–Kier alpha value is -3.22. The fourth-order valence-corrected chi connectivity index (χ4v) is 2.80. The molecule has 27 heavy (non-hydrogen) atoms. The fourth-order valence-electron chi connectivity index (χ4n) is 2.80. The van der Waals surface area contributed by atoms with Crippen LogP contribution in [0.1, 0.15) is 29.3 Å². The van der Waals surface area contributed by atoms with E-state index in [4.69, 9.17) is 4.74 Å². The number of nitrogens with zero attached hydrogens (tertiary/aromatic N) is 1. The molecule has 1 fully saturated rings. The number of anilines is 1. The van der Waals surface area contributed by atoms with E-state index in [1.54, 1.807) is 43.6 Å². The summed E-state index contributed by atoms with van der Waals surface area (Å²) in [7, 11) is 0. The summed E-state index contributed by atoms with van der Waals surface area (Å²) in [6.45, 7) is 2.37. The van der Waals surface area contributed by atoms with Crippen molar-refractivity contribution in [3.05, 3.63) is 59.9 Å². The van der Waals surface area contributed by atoms with E-state index in [0.717, 1.165) is 5.56 Å². The number of esters is 1. The SMILES string of the molecule is CCOC(=O)c1ccccc1NC(=O)C1CC1C(=O)NCc1ccncc1. The van der Waals surface area contributed by atoms with Gasteiger partial charge in [-0.05, 0) is 43.2 Å². The zero-order chi connectivity index (χ0) is 19.2. The second-order valence-corrected chi connectivity index (χ2v) is 6.28. The molecule has 1 saturated carbocycles. The molecule has 0 radical (unpaired) electrons. The lowest BCUT2D eigenvalue weighted by Gasteiger charge is -2.10. The normalized spacial score (nSPS) is 17.7. The zero-order valence-electron chi connectivity index (χ0n) is 15.0. The Bertz CT molecular complexity index is 838. The van der Waals surface area contributed by atoms with Crippen LogP contribution in [0.3, 0.4) is 0 Å². The lowest BCUT2D eigenvalue weighted by molar-refractivity contribution is -0.125. The van der Waals surface area contributed by atoms with Gasteiger partial charge in [0.15, 0.2) is 0 Å². The van der Waals surface area contributed by atoms with Crippen LogP contribution in [-0.4, -0.2) is 29.4 Å². The van der Waals surface area contributed by atoms with Crippen molar-refractivity contribution >= 4 is 23.5 Å². The van der Waals surface area contributed by atoms with Crippen LogP contribution in [0, 0.1) is 11.8 Å². The van der Waals surface area contributed by atoms with Gasteiger partial charge in [0, 0.05) is 18.9 Å². The predicted molar refractivity (Wildman–Crippen MR) is 98.7 cm³/mol. The third-order valence-electron chi connectivity index (χ3n) is 4.36. The minimum Gasteiger partial charge on any atom is -0.462 e. The molecule has 3 rings (SSSR count). The van der Waals surface area contributed by atoms with Gasteiger partial charge in [-0.3, -0.25) is 14.6 Å². The van der Waals surface area contributed by atoms with E-state index < -0.39 is 11.9 Å². The first-order valence-corrected chi connectivity index (χ1v) is 8.83. The second-order valence-electron chi connectivity index (χ2n) is 6.28. The summed E-state index contributed by atoms with van der Waals surface area (Å²) in [5.74, 6) is -1.64. The van der Waals surface area contributed by atoms with Gasteiger partial charge >= 0.3 is 5.97 Å². The summed E-state index contributed by atoms with van der Waals surface area (Å²) < 4.78 is 5.00. The van der Waals surface area contributed by atoms with Gasteiger partial charge in [0.05, 0.1) is 29.7 Å². The van der Waals surface area contributed by atoms with Crippen LogP contribution in [0.5, 0.6) is 0 Å². The van der Waals surface area contributed by atoms with Crippen LogP contribution >= 0.6 is 0 Å². The van der Waals surface area contributed by atoms with Gasteiger partial charge in [-0.2, -0.15) is 0 Å². The lowest BCUT2D eigenvalue weighted by atomic mass is 10.1. The number of carbonyl (C=O) groups excluding carboxylic acids is 3. The van der Waals surface area contributed by atoms with Crippen LogP contribution < -0.4 is 10.6 Å². The second kappa shape index (κ2) is 8.44. The number of benzene rings is 1. The molecule has 2 aromatic rings. The van der Waals surface area contributed by atoms with Crippen molar-refractivity contribution in [2.24, 2.45) is 11.8 Å². The van der Waals surface area contributed by atoms with Crippen LogP contribution in [0.2, 0.25) is 0 Å². The van der Waals surface area contributed by atoms with E-state index in [1.807, 2.05) is 12.1 Å². The van der Waals surface area contributed by atoms with Crippen molar-refractivity contribution in [1.82, 2.24) is 10.3 Å². The fraction of sp³-hybridized carbons (Fsp3) is 0.300. The summed E-state index contributed by atoms with van der Waals surface area (Å²) in [6.07, 6.45) is 3.82. The maximum Gasteiger partial charge on any atom is 0.340 e. The van der Waals surface area contributed by atoms with Gasteiger partial charge in [-0.1, -0.05) is 12.1 Å². The van der Waals surface area contributed by atoms with Gasteiger partial charge in [0.2, 0.25) is 11.8 Å². The topological polar surface area (TPSA) is 97.4 Å². The number of ether oxygens (including phenoxy) is 1. The summed E-state index contributed by atoms with van der Waals surface area (Å²) in [5, 5.41) is 5.58. The average molecular weight is 367 g/mol. The highest BCUT2D eigenvalue weighted by Gasteiger charge is 2.48. The Balaban J connectivity index is 1.54. The molecule has 1 aromatic carbocycles. The van der Waals surface area contributed by atoms with Gasteiger partial charge < -0.3 is 15.4 Å². The number of hydrogen-bond acceptors (Lipinski definition) is 5. The van der Waals surface area contributed by atoms with Crippen molar-refractivity contribution in [2.75, 3.05) is 11.9 Å². The maximum absolute atomic E-state index is 12.4. The molecule has 2 amide bonds. The molecule has 0 aliphatic heterocycles. The maximum atomic E-state index is 12.4. The summed E-state index contributed by atoms with van der Waals surface area (Å²) >= 11 is 0. The molecular weight excluding hydrogens is 346 g/mol. The molecule has 7 nitrogen and oxygen atoms in total. The van der Waals surface area contributed by atoms with Crippen molar-refractivity contribution in [3.63, 3.8) is 0 Å². The quantitative estimate of drug-likeness (QED) is 0.731. The van der Waals surface area contributed by atoms with Crippen molar-refractivity contribution in [1.29, 1.82) is 0 Å². The van der Waals surface area contributed by atoms with Crippen molar-refractivity contribution < 1.29 is 19.1 Å². The Morgan fingerprint density at radius 3 is 2.52 bits per heavy atom. The van der Waals surface area contributed by atoms with Crippen LogP contribution in [0.25, 0.3) is 0 Å². The first-order chi connectivity index (χ1) is 13.1. The molecule has 0 spiro atoms. The first kappa shape index (κ1) is 18.6. The predicted octanol–water partition coefficient (Wildman–Crippen LogP) is 2.15. The number of rotatable bonds is 7. The molecule has 1 heterocycles. The van der Waals surface area contributed by atoms with Crippen LogP contribution in [0.4, 0.5) is 5.69 Å². The number of pyridine rings is 1. The molecule has 0 saturated heterocycles. The summed E-state index contributed by atoms with van der Waals surface area (Å²) in [5.41, 5.74) is 1.64. The van der Waals surface area contributed by atoms with E-state index in [1.165, 1.54) is 0 Å². The molecule has 2 unspecified atom stereocenters. The van der Waals surface area contributed by atoms with Gasteiger partial charge in [-0.25, -0.2) is 4.79 Å². The Labute approximate surface area is 157 Å². The molecule has 2 atom stereocenters. The summed E-state index contributed by atoms with van der Waals surface area (Å²) in [6, 6.07) is 10.3.